The first kappa shape index (κ1) is 15.9. The Morgan fingerprint density at radius 1 is 1.48 bits per heavy atom. The fourth-order valence-electron chi connectivity index (χ4n) is 2.13. The number of furan rings is 1. The molecule has 5 nitrogen and oxygen atoms in total. The van der Waals surface area contributed by atoms with Crippen molar-refractivity contribution in [1.29, 1.82) is 5.26 Å². The van der Waals surface area contributed by atoms with E-state index in [0.29, 0.717) is 11.3 Å². The molecule has 1 N–H and O–H groups in total. The predicted molar refractivity (Wildman–Crippen MR) is 87.4 cm³/mol. The van der Waals surface area contributed by atoms with Crippen LogP contribution in [0.25, 0.3) is 0 Å². The van der Waals surface area contributed by atoms with Crippen molar-refractivity contribution < 1.29 is 9.21 Å². The number of carbonyl (C=O) groups excluding carboxylic acids is 1. The molecule has 0 saturated carbocycles. The lowest BCUT2D eigenvalue weighted by atomic mass is 10.2. The Balaban J connectivity index is 1.89. The van der Waals surface area contributed by atoms with E-state index in [9.17, 15) is 4.79 Å². The molecule has 1 aromatic rings. The Morgan fingerprint density at radius 3 is 2.76 bits per heavy atom. The van der Waals surface area contributed by atoms with Crippen molar-refractivity contribution in [2.75, 3.05) is 24.2 Å². The van der Waals surface area contributed by atoms with Crippen LogP contribution >= 0.6 is 24.0 Å². The molecule has 21 heavy (non-hydrogen) atoms. The number of nitrogens with zero attached hydrogens (tertiary/aromatic N) is 2. The van der Waals surface area contributed by atoms with Gasteiger partial charge in [0.1, 0.15) is 21.7 Å². The third kappa shape index (κ3) is 3.77. The van der Waals surface area contributed by atoms with Gasteiger partial charge in [-0.05, 0) is 26.7 Å². The highest BCUT2D eigenvalue weighted by molar-refractivity contribution is 8.23. The number of anilines is 1. The van der Waals surface area contributed by atoms with E-state index in [1.54, 1.807) is 13.8 Å². The van der Waals surface area contributed by atoms with E-state index in [1.807, 2.05) is 0 Å². The Bertz CT molecular complexity index is 598. The van der Waals surface area contributed by atoms with Gasteiger partial charge >= 0.3 is 0 Å². The molecule has 0 atom stereocenters. The molecule has 0 bridgehead atoms. The molecular formula is C14H17N3O2S2. The molecule has 7 heteroatoms. The van der Waals surface area contributed by atoms with Crippen LogP contribution in [-0.2, 0) is 4.79 Å². The number of carbonyl (C=O) groups is 1. The molecule has 1 aliphatic heterocycles. The average Bonchev–Trinajstić information content (AvgIpc) is 3.06. The fourth-order valence-corrected chi connectivity index (χ4v) is 3.18. The van der Waals surface area contributed by atoms with E-state index in [1.165, 1.54) is 11.8 Å². The summed E-state index contributed by atoms with van der Waals surface area (Å²) in [7, 11) is 0. The lowest BCUT2D eigenvalue weighted by Crippen LogP contribution is -2.25. The largest absolute Gasteiger partial charge is 0.444 e. The van der Waals surface area contributed by atoms with Crippen molar-refractivity contribution in [3.8, 4) is 6.07 Å². The number of likely N-dealkylation sites (tertiary alicyclic amines) is 1. The molecule has 1 amide bonds. The maximum atomic E-state index is 11.9. The first-order chi connectivity index (χ1) is 10.0. The molecule has 1 saturated heterocycles. The van der Waals surface area contributed by atoms with Crippen molar-refractivity contribution >= 4 is 40.1 Å². The van der Waals surface area contributed by atoms with Gasteiger partial charge in [0.05, 0.1) is 5.75 Å². The van der Waals surface area contributed by atoms with Crippen LogP contribution in [0.5, 0.6) is 0 Å². The van der Waals surface area contributed by atoms with Crippen LogP contribution in [0.15, 0.2) is 4.42 Å². The molecule has 0 aromatic carbocycles. The summed E-state index contributed by atoms with van der Waals surface area (Å²) in [5.41, 5.74) is 1.14. The zero-order valence-corrected chi connectivity index (χ0v) is 13.7. The summed E-state index contributed by atoms with van der Waals surface area (Å²) in [5.74, 6) is 0.873. The maximum Gasteiger partial charge on any atom is 0.237 e. The number of nitriles is 1. The van der Waals surface area contributed by atoms with Crippen LogP contribution in [0.2, 0.25) is 0 Å². The highest BCUT2D eigenvalue weighted by Crippen LogP contribution is 2.25. The van der Waals surface area contributed by atoms with Gasteiger partial charge in [-0.2, -0.15) is 5.26 Å². The number of thioether (sulfide) groups is 1. The van der Waals surface area contributed by atoms with Crippen LogP contribution in [0.4, 0.5) is 5.88 Å². The lowest BCUT2D eigenvalue weighted by Gasteiger charge is -2.17. The molecule has 2 heterocycles. The van der Waals surface area contributed by atoms with E-state index in [4.69, 9.17) is 21.9 Å². The minimum Gasteiger partial charge on any atom is -0.444 e. The summed E-state index contributed by atoms with van der Waals surface area (Å²) >= 11 is 6.65. The Labute approximate surface area is 133 Å². The topological polar surface area (TPSA) is 69.3 Å². The summed E-state index contributed by atoms with van der Waals surface area (Å²) in [5, 5.41) is 11.7. The Kier molecular flexibility index (Phi) is 5.26. The summed E-state index contributed by atoms with van der Waals surface area (Å²) in [4.78, 5) is 14.1. The number of aryl methyl sites for hydroxylation is 1. The van der Waals surface area contributed by atoms with Gasteiger partial charge in [-0.25, -0.2) is 0 Å². The first-order valence-electron chi connectivity index (χ1n) is 6.74. The molecule has 1 aromatic heterocycles. The minimum atomic E-state index is -0.216. The van der Waals surface area contributed by atoms with Crippen LogP contribution in [-0.4, -0.2) is 34.0 Å². The molecule has 0 radical (unpaired) electrons. The predicted octanol–water partition coefficient (Wildman–Crippen LogP) is 2.82. The van der Waals surface area contributed by atoms with Crippen molar-refractivity contribution in [3.63, 3.8) is 0 Å². The fraction of sp³-hybridized carbons (Fsp3) is 0.500. The van der Waals surface area contributed by atoms with Crippen LogP contribution in [0.3, 0.4) is 0 Å². The Morgan fingerprint density at radius 2 is 2.14 bits per heavy atom. The normalized spacial score (nSPS) is 14.0. The molecule has 112 valence electrons. The number of nitrogens with one attached hydrogen (secondary N) is 1. The van der Waals surface area contributed by atoms with Gasteiger partial charge in [0.15, 0.2) is 0 Å². The second kappa shape index (κ2) is 6.96. The summed E-state index contributed by atoms with van der Waals surface area (Å²) < 4.78 is 6.17. The van der Waals surface area contributed by atoms with Crippen LogP contribution < -0.4 is 5.32 Å². The number of rotatable bonds is 3. The third-order valence-electron chi connectivity index (χ3n) is 3.44. The Hall–Kier alpha value is -1.52. The standard InChI is InChI=1S/C14H17N3O2S2/c1-9-10(2)19-13(11(9)7-15)16-12(18)8-21-14(20)17-5-3-4-6-17/h3-6,8H2,1-2H3,(H,16,18). The molecular weight excluding hydrogens is 306 g/mol. The van der Waals surface area contributed by atoms with E-state index >= 15 is 0 Å². The SMILES string of the molecule is Cc1oc(NC(=O)CSC(=S)N2CCCC2)c(C#N)c1C. The van der Waals surface area contributed by atoms with E-state index < -0.39 is 0 Å². The zero-order chi connectivity index (χ0) is 15.4. The van der Waals surface area contributed by atoms with E-state index in [0.717, 1.165) is 35.8 Å². The highest BCUT2D eigenvalue weighted by atomic mass is 32.2. The average molecular weight is 323 g/mol. The smallest absolute Gasteiger partial charge is 0.237 e. The molecule has 0 aliphatic carbocycles. The van der Waals surface area contributed by atoms with Gasteiger partial charge in [0, 0.05) is 18.7 Å². The molecule has 1 fully saturated rings. The molecule has 1 aliphatic rings. The van der Waals surface area contributed by atoms with Crippen molar-refractivity contribution in [3.05, 3.63) is 16.9 Å². The van der Waals surface area contributed by atoms with Gasteiger partial charge in [-0.3, -0.25) is 10.1 Å². The second-order valence-corrected chi connectivity index (χ2v) is 6.51. The van der Waals surface area contributed by atoms with Gasteiger partial charge in [0.25, 0.3) is 0 Å². The van der Waals surface area contributed by atoms with Crippen molar-refractivity contribution in [2.24, 2.45) is 0 Å². The second-order valence-electron chi connectivity index (χ2n) is 4.90. The quantitative estimate of drug-likeness (QED) is 0.863. The number of thiocarbonyl (C=S) groups is 1. The summed E-state index contributed by atoms with van der Waals surface area (Å²) in [6.07, 6.45) is 2.31. The minimum absolute atomic E-state index is 0.216. The van der Waals surface area contributed by atoms with Gasteiger partial charge in [-0.1, -0.05) is 24.0 Å². The van der Waals surface area contributed by atoms with Crippen LogP contribution in [0, 0.1) is 25.2 Å². The van der Waals surface area contributed by atoms with Gasteiger partial charge in [-0.15, -0.1) is 0 Å². The number of hydrogen-bond donors (Lipinski definition) is 1. The highest BCUT2D eigenvalue weighted by Gasteiger charge is 2.19. The molecule has 0 unspecified atom stereocenters. The van der Waals surface area contributed by atoms with Crippen LogP contribution in [0.1, 0.15) is 29.7 Å². The third-order valence-corrected chi connectivity index (χ3v) is 4.96. The van der Waals surface area contributed by atoms with Crippen molar-refractivity contribution in [1.82, 2.24) is 4.90 Å². The molecule has 2 rings (SSSR count). The van der Waals surface area contributed by atoms with E-state index in [2.05, 4.69) is 16.3 Å². The van der Waals surface area contributed by atoms with Gasteiger partial charge < -0.3 is 9.32 Å². The summed E-state index contributed by atoms with van der Waals surface area (Å²) in [6, 6.07) is 2.05. The number of hydrogen-bond acceptors (Lipinski definition) is 5. The monoisotopic (exact) mass is 323 g/mol. The molecule has 0 spiro atoms. The van der Waals surface area contributed by atoms with Crippen molar-refractivity contribution in [2.45, 2.75) is 26.7 Å². The first-order valence-corrected chi connectivity index (χ1v) is 8.14. The van der Waals surface area contributed by atoms with Gasteiger partial charge in [0.2, 0.25) is 11.8 Å². The lowest BCUT2D eigenvalue weighted by molar-refractivity contribution is -0.113. The zero-order valence-electron chi connectivity index (χ0n) is 12.1. The number of amides is 1. The maximum absolute atomic E-state index is 11.9. The van der Waals surface area contributed by atoms with E-state index in [-0.39, 0.29) is 17.5 Å². The summed E-state index contributed by atoms with van der Waals surface area (Å²) in [6.45, 7) is 5.51.